The number of nitrogens with zero attached hydrogens (tertiary/aromatic N) is 3. The number of amides is 1. The number of carbonyl (C=O) groups excluding carboxylic acids is 1. The van der Waals surface area contributed by atoms with Crippen molar-refractivity contribution in [3.63, 3.8) is 0 Å². The summed E-state index contributed by atoms with van der Waals surface area (Å²) >= 11 is 5.79. The Morgan fingerprint density at radius 3 is 2.59 bits per heavy atom. The summed E-state index contributed by atoms with van der Waals surface area (Å²) in [6.07, 6.45) is 5.77. The van der Waals surface area contributed by atoms with Crippen molar-refractivity contribution in [3.05, 3.63) is 93.3 Å². The Morgan fingerprint density at radius 1 is 1.15 bits per heavy atom. The molecule has 0 radical (unpaired) electrons. The second-order valence-corrected chi connectivity index (χ2v) is 10.1. The van der Waals surface area contributed by atoms with Crippen molar-refractivity contribution >= 4 is 38.9 Å². The van der Waals surface area contributed by atoms with E-state index in [1.54, 1.807) is 18.5 Å². The van der Waals surface area contributed by atoms with Crippen molar-refractivity contribution in [2.75, 3.05) is 11.9 Å². The second-order valence-electron chi connectivity index (χ2n) is 7.82. The van der Waals surface area contributed by atoms with Crippen molar-refractivity contribution in [3.8, 4) is 0 Å². The molecule has 0 bridgehead atoms. The number of carbonyl (C=O) groups is 1. The second kappa shape index (κ2) is 9.88. The van der Waals surface area contributed by atoms with Crippen LogP contribution in [0.15, 0.2) is 71.9 Å². The Bertz CT molecular complexity index is 1320. The third kappa shape index (κ3) is 4.93. The maximum absolute atomic E-state index is 13.4. The van der Waals surface area contributed by atoms with Crippen molar-refractivity contribution < 1.29 is 18.1 Å². The first-order valence-electron chi connectivity index (χ1n) is 10.5. The summed E-state index contributed by atoms with van der Waals surface area (Å²) in [7, 11) is -3.77. The number of aromatic nitrogens is 1. The van der Waals surface area contributed by atoms with E-state index in [0.717, 1.165) is 24.5 Å². The predicted molar refractivity (Wildman–Crippen MR) is 127 cm³/mol. The molecule has 34 heavy (non-hydrogen) atoms. The van der Waals surface area contributed by atoms with Crippen LogP contribution in [-0.2, 0) is 10.0 Å². The van der Waals surface area contributed by atoms with Gasteiger partial charge in [0, 0.05) is 36.3 Å². The zero-order valence-electron chi connectivity index (χ0n) is 17.9. The van der Waals surface area contributed by atoms with Gasteiger partial charge in [0.15, 0.2) is 0 Å². The monoisotopic (exact) mass is 500 g/mol. The SMILES string of the molecule is O=C(Nc1ccc(S(=O)(=O)N2CCCCC2c2cccnc2)cc1)c1ccc(Cl)c([N+](=O)[O-])c1. The van der Waals surface area contributed by atoms with Crippen LogP contribution in [-0.4, -0.2) is 35.1 Å². The summed E-state index contributed by atoms with van der Waals surface area (Å²) in [5.41, 5.74) is 0.886. The molecule has 176 valence electrons. The van der Waals surface area contributed by atoms with Crippen LogP contribution in [0.1, 0.15) is 41.2 Å². The highest BCUT2D eigenvalue weighted by atomic mass is 35.5. The Kier molecular flexibility index (Phi) is 6.92. The molecule has 1 saturated heterocycles. The minimum atomic E-state index is -3.77. The van der Waals surface area contributed by atoms with Crippen LogP contribution in [0.4, 0.5) is 11.4 Å². The molecular weight excluding hydrogens is 480 g/mol. The smallest absolute Gasteiger partial charge is 0.288 e. The van der Waals surface area contributed by atoms with E-state index in [4.69, 9.17) is 11.6 Å². The Labute approximate surface area is 201 Å². The number of benzene rings is 2. The van der Waals surface area contributed by atoms with Crippen molar-refractivity contribution in [1.29, 1.82) is 0 Å². The summed E-state index contributed by atoms with van der Waals surface area (Å²) in [4.78, 5) is 27.1. The van der Waals surface area contributed by atoms with Crippen LogP contribution in [0.5, 0.6) is 0 Å². The van der Waals surface area contributed by atoms with Crippen LogP contribution in [0.2, 0.25) is 5.02 Å². The number of hydrogen-bond donors (Lipinski definition) is 1. The number of rotatable bonds is 6. The summed E-state index contributed by atoms with van der Waals surface area (Å²) in [5.74, 6) is -0.581. The molecule has 0 spiro atoms. The lowest BCUT2D eigenvalue weighted by atomic mass is 9.99. The third-order valence-corrected chi connectivity index (χ3v) is 7.89. The lowest BCUT2D eigenvalue weighted by molar-refractivity contribution is -0.384. The number of halogens is 1. The molecule has 1 amide bonds. The fraction of sp³-hybridized carbons (Fsp3) is 0.217. The van der Waals surface area contributed by atoms with Gasteiger partial charge in [-0.2, -0.15) is 4.31 Å². The van der Waals surface area contributed by atoms with Gasteiger partial charge in [-0.15, -0.1) is 0 Å². The van der Waals surface area contributed by atoms with Gasteiger partial charge in [0.25, 0.3) is 11.6 Å². The van der Waals surface area contributed by atoms with E-state index >= 15 is 0 Å². The van der Waals surface area contributed by atoms with Gasteiger partial charge in [0.05, 0.1) is 15.9 Å². The highest BCUT2D eigenvalue weighted by Crippen LogP contribution is 2.35. The predicted octanol–water partition coefficient (Wildman–Crippen LogP) is 4.81. The Balaban J connectivity index is 1.53. The maximum Gasteiger partial charge on any atom is 0.288 e. The molecule has 0 aliphatic carbocycles. The number of hydrogen-bond acceptors (Lipinski definition) is 6. The number of pyridine rings is 1. The summed E-state index contributed by atoms with van der Waals surface area (Å²) in [6.45, 7) is 0.412. The topological polar surface area (TPSA) is 123 Å². The minimum Gasteiger partial charge on any atom is -0.322 e. The highest BCUT2D eigenvalue weighted by molar-refractivity contribution is 7.89. The molecule has 4 rings (SSSR count). The fourth-order valence-electron chi connectivity index (χ4n) is 3.94. The number of anilines is 1. The van der Waals surface area contributed by atoms with E-state index in [2.05, 4.69) is 10.3 Å². The molecule has 2 heterocycles. The van der Waals surface area contributed by atoms with Crippen molar-refractivity contribution in [2.24, 2.45) is 0 Å². The molecule has 1 N–H and O–H groups in total. The van der Waals surface area contributed by atoms with Crippen LogP contribution in [0, 0.1) is 10.1 Å². The largest absolute Gasteiger partial charge is 0.322 e. The van der Waals surface area contributed by atoms with Crippen LogP contribution >= 0.6 is 11.6 Å². The highest BCUT2D eigenvalue weighted by Gasteiger charge is 2.34. The summed E-state index contributed by atoms with van der Waals surface area (Å²) < 4.78 is 28.3. The van der Waals surface area contributed by atoms with Gasteiger partial charge in [-0.05, 0) is 60.9 Å². The zero-order chi connectivity index (χ0) is 24.3. The van der Waals surface area contributed by atoms with Crippen LogP contribution in [0.3, 0.4) is 0 Å². The maximum atomic E-state index is 13.4. The van der Waals surface area contributed by atoms with E-state index in [1.165, 1.54) is 40.7 Å². The van der Waals surface area contributed by atoms with E-state index in [-0.39, 0.29) is 27.2 Å². The van der Waals surface area contributed by atoms with Gasteiger partial charge in [-0.1, -0.05) is 24.1 Å². The molecule has 2 aromatic carbocycles. The minimum absolute atomic E-state index is 0.0560. The van der Waals surface area contributed by atoms with Crippen molar-refractivity contribution in [2.45, 2.75) is 30.2 Å². The molecule has 1 aliphatic rings. The van der Waals surface area contributed by atoms with Gasteiger partial charge in [-0.3, -0.25) is 19.9 Å². The molecule has 11 heteroatoms. The van der Waals surface area contributed by atoms with Gasteiger partial charge >= 0.3 is 0 Å². The van der Waals surface area contributed by atoms with Gasteiger partial charge < -0.3 is 5.32 Å². The van der Waals surface area contributed by atoms with Crippen molar-refractivity contribution in [1.82, 2.24) is 9.29 Å². The van der Waals surface area contributed by atoms with E-state index in [1.807, 2.05) is 6.07 Å². The molecule has 1 aliphatic heterocycles. The summed E-state index contributed by atoms with van der Waals surface area (Å²) in [6, 6.07) is 13.0. The molecule has 9 nitrogen and oxygen atoms in total. The van der Waals surface area contributed by atoms with E-state index in [0.29, 0.717) is 18.7 Å². The molecule has 1 aromatic heterocycles. The molecule has 1 fully saturated rings. The van der Waals surface area contributed by atoms with Gasteiger partial charge in [0.1, 0.15) is 5.02 Å². The quantitative estimate of drug-likeness (QED) is 0.382. The number of nitro groups is 1. The third-order valence-electron chi connectivity index (χ3n) is 5.65. The Hall–Kier alpha value is -3.34. The van der Waals surface area contributed by atoms with E-state index < -0.39 is 20.9 Å². The average molecular weight is 501 g/mol. The first-order chi connectivity index (χ1) is 16.3. The van der Waals surface area contributed by atoms with Gasteiger partial charge in [0.2, 0.25) is 10.0 Å². The molecule has 1 unspecified atom stereocenters. The normalized spacial score (nSPS) is 16.7. The number of nitro benzene ring substituents is 1. The van der Waals surface area contributed by atoms with Gasteiger partial charge in [-0.25, -0.2) is 8.42 Å². The molecule has 3 aromatic rings. The Morgan fingerprint density at radius 2 is 1.91 bits per heavy atom. The molecular formula is C23H21ClN4O5S. The van der Waals surface area contributed by atoms with E-state index in [9.17, 15) is 23.3 Å². The van der Waals surface area contributed by atoms with Crippen LogP contribution in [0.25, 0.3) is 0 Å². The summed E-state index contributed by atoms with van der Waals surface area (Å²) in [5, 5.41) is 13.6. The van der Waals surface area contributed by atoms with Crippen LogP contribution < -0.4 is 5.32 Å². The number of nitrogens with one attached hydrogen (secondary N) is 1. The lowest BCUT2D eigenvalue weighted by Gasteiger charge is -2.34. The fourth-order valence-corrected chi connectivity index (χ4v) is 5.81. The lowest BCUT2D eigenvalue weighted by Crippen LogP contribution is -2.38. The first-order valence-corrected chi connectivity index (χ1v) is 12.4. The average Bonchev–Trinajstić information content (AvgIpc) is 2.85. The standard InChI is InChI=1S/C23H21ClN4O5S/c24-20-11-6-16(14-22(20)28(30)31)23(29)26-18-7-9-19(10-8-18)34(32,33)27-13-2-1-5-21(27)17-4-3-12-25-15-17/h3-4,6-12,14-15,21H,1-2,5,13H2,(H,26,29). The number of piperidine rings is 1. The molecule has 1 atom stereocenters. The molecule has 0 saturated carbocycles. The number of sulfonamides is 1. The zero-order valence-corrected chi connectivity index (χ0v) is 19.5. The first kappa shape index (κ1) is 23.8.